The second-order valence-corrected chi connectivity index (χ2v) is 4.43. The minimum atomic E-state index is 0.371. The number of nitrogens with zero attached hydrogens (tertiary/aromatic N) is 2. The molecule has 4 heteroatoms. The summed E-state index contributed by atoms with van der Waals surface area (Å²) in [6, 6.07) is 0.513. The van der Waals surface area contributed by atoms with Gasteiger partial charge in [-0.1, -0.05) is 13.3 Å². The van der Waals surface area contributed by atoms with Crippen LogP contribution in [0.25, 0.3) is 0 Å². The quantitative estimate of drug-likeness (QED) is 0.753. The Morgan fingerprint density at radius 3 is 3.13 bits per heavy atom. The van der Waals surface area contributed by atoms with E-state index in [-0.39, 0.29) is 0 Å². The maximum absolute atomic E-state index is 5.90. The van der Waals surface area contributed by atoms with E-state index in [2.05, 4.69) is 16.8 Å². The van der Waals surface area contributed by atoms with E-state index < -0.39 is 0 Å². The van der Waals surface area contributed by atoms with E-state index in [0.717, 1.165) is 19.7 Å². The standard InChI is InChI=1S/C11H21N3O/c1-2-4-9-7-13-11(12)14(9)8-10-5-3-6-15-10/h9-10H,2-8H2,1H3,(H2,12,13). The van der Waals surface area contributed by atoms with Gasteiger partial charge in [0, 0.05) is 13.2 Å². The Bertz CT molecular complexity index is 236. The molecule has 0 aromatic rings. The van der Waals surface area contributed by atoms with Crippen LogP contribution in [0.1, 0.15) is 32.6 Å². The Balaban J connectivity index is 1.89. The summed E-state index contributed by atoms with van der Waals surface area (Å²) in [7, 11) is 0. The highest BCUT2D eigenvalue weighted by molar-refractivity contribution is 5.80. The van der Waals surface area contributed by atoms with Crippen LogP contribution in [0.2, 0.25) is 0 Å². The van der Waals surface area contributed by atoms with Crippen LogP contribution in [0.3, 0.4) is 0 Å². The van der Waals surface area contributed by atoms with Crippen LogP contribution in [0.4, 0.5) is 0 Å². The van der Waals surface area contributed by atoms with Gasteiger partial charge in [0.1, 0.15) is 0 Å². The van der Waals surface area contributed by atoms with Crippen molar-refractivity contribution in [2.45, 2.75) is 44.8 Å². The van der Waals surface area contributed by atoms with E-state index >= 15 is 0 Å². The van der Waals surface area contributed by atoms with Gasteiger partial charge in [-0.15, -0.1) is 0 Å². The zero-order valence-electron chi connectivity index (χ0n) is 9.48. The molecule has 0 spiro atoms. The first-order valence-corrected chi connectivity index (χ1v) is 5.99. The third-order valence-electron chi connectivity index (χ3n) is 3.25. The van der Waals surface area contributed by atoms with Crippen molar-refractivity contribution in [2.75, 3.05) is 19.7 Å². The predicted octanol–water partition coefficient (Wildman–Crippen LogP) is 0.964. The average molecular weight is 211 g/mol. The van der Waals surface area contributed by atoms with Crippen LogP contribution < -0.4 is 5.73 Å². The van der Waals surface area contributed by atoms with Gasteiger partial charge in [0.15, 0.2) is 5.96 Å². The van der Waals surface area contributed by atoms with Crippen molar-refractivity contribution in [3.05, 3.63) is 0 Å². The van der Waals surface area contributed by atoms with Gasteiger partial charge in [-0.05, 0) is 19.3 Å². The van der Waals surface area contributed by atoms with Crippen LogP contribution in [-0.2, 0) is 4.74 Å². The first kappa shape index (κ1) is 10.7. The molecule has 86 valence electrons. The maximum Gasteiger partial charge on any atom is 0.191 e. The van der Waals surface area contributed by atoms with Gasteiger partial charge < -0.3 is 15.4 Å². The van der Waals surface area contributed by atoms with Crippen LogP contribution >= 0.6 is 0 Å². The topological polar surface area (TPSA) is 50.8 Å². The number of aliphatic imine (C=N–C) groups is 1. The molecule has 0 aromatic heterocycles. The smallest absolute Gasteiger partial charge is 0.191 e. The van der Waals surface area contributed by atoms with Gasteiger partial charge in [0.25, 0.3) is 0 Å². The number of ether oxygens (including phenoxy) is 1. The van der Waals surface area contributed by atoms with Crippen molar-refractivity contribution < 1.29 is 4.74 Å². The Hall–Kier alpha value is -0.770. The summed E-state index contributed by atoms with van der Waals surface area (Å²) in [4.78, 5) is 6.56. The van der Waals surface area contributed by atoms with Crippen molar-refractivity contribution in [2.24, 2.45) is 10.7 Å². The summed E-state index contributed by atoms with van der Waals surface area (Å²) in [5, 5.41) is 0. The maximum atomic E-state index is 5.90. The lowest BCUT2D eigenvalue weighted by atomic mass is 10.1. The molecule has 0 bridgehead atoms. The summed E-state index contributed by atoms with van der Waals surface area (Å²) >= 11 is 0. The molecule has 4 nitrogen and oxygen atoms in total. The van der Waals surface area contributed by atoms with Gasteiger partial charge in [-0.3, -0.25) is 4.99 Å². The van der Waals surface area contributed by atoms with Crippen LogP contribution in [-0.4, -0.2) is 42.7 Å². The molecule has 2 N–H and O–H groups in total. The Morgan fingerprint density at radius 2 is 2.47 bits per heavy atom. The van der Waals surface area contributed by atoms with E-state index in [1.165, 1.54) is 25.7 Å². The van der Waals surface area contributed by atoms with Crippen molar-refractivity contribution in [3.63, 3.8) is 0 Å². The number of hydrogen-bond donors (Lipinski definition) is 1. The lowest BCUT2D eigenvalue weighted by Gasteiger charge is -2.28. The highest BCUT2D eigenvalue weighted by atomic mass is 16.5. The molecule has 0 aliphatic carbocycles. The molecule has 2 atom stereocenters. The molecular weight excluding hydrogens is 190 g/mol. The summed E-state index contributed by atoms with van der Waals surface area (Å²) in [6.45, 7) is 4.92. The normalized spacial score (nSPS) is 31.0. The van der Waals surface area contributed by atoms with Gasteiger partial charge >= 0.3 is 0 Å². The summed E-state index contributed by atoms with van der Waals surface area (Å²) in [5.74, 6) is 0.712. The summed E-state index contributed by atoms with van der Waals surface area (Å²) in [5.41, 5.74) is 5.90. The summed E-state index contributed by atoms with van der Waals surface area (Å²) in [6.07, 6.45) is 5.10. The van der Waals surface area contributed by atoms with Crippen LogP contribution in [0, 0.1) is 0 Å². The molecule has 2 heterocycles. The van der Waals surface area contributed by atoms with E-state index in [4.69, 9.17) is 10.5 Å². The molecule has 15 heavy (non-hydrogen) atoms. The van der Waals surface area contributed by atoms with Crippen LogP contribution in [0.15, 0.2) is 4.99 Å². The molecule has 2 aliphatic rings. The zero-order valence-corrected chi connectivity index (χ0v) is 9.48. The molecule has 0 saturated carbocycles. The second kappa shape index (κ2) is 4.84. The molecule has 2 aliphatic heterocycles. The third-order valence-corrected chi connectivity index (χ3v) is 3.25. The molecule has 0 amide bonds. The molecular formula is C11H21N3O. The van der Waals surface area contributed by atoms with Crippen LogP contribution in [0.5, 0.6) is 0 Å². The van der Waals surface area contributed by atoms with E-state index in [9.17, 15) is 0 Å². The average Bonchev–Trinajstić information content (AvgIpc) is 2.83. The fraction of sp³-hybridized carbons (Fsp3) is 0.909. The SMILES string of the molecule is CCCC1CN=C(N)N1CC1CCCO1. The van der Waals surface area contributed by atoms with Crippen molar-refractivity contribution >= 4 is 5.96 Å². The first-order chi connectivity index (χ1) is 7.31. The lowest BCUT2D eigenvalue weighted by Crippen LogP contribution is -2.44. The van der Waals surface area contributed by atoms with Gasteiger partial charge in [-0.25, -0.2) is 0 Å². The van der Waals surface area contributed by atoms with E-state index in [1.807, 2.05) is 0 Å². The van der Waals surface area contributed by atoms with Gasteiger partial charge in [0.05, 0.1) is 18.7 Å². The Morgan fingerprint density at radius 1 is 1.60 bits per heavy atom. The molecule has 2 rings (SSSR count). The number of rotatable bonds is 4. The predicted molar refractivity (Wildman–Crippen MR) is 60.9 cm³/mol. The Labute approximate surface area is 91.5 Å². The van der Waals surface area contributed by atoms with Crippen molar-refractivity contribution in [3.8, 4) is 0 Å². The third kappa shape index (κ3) is 2.43. The minimum absolute atomic E-state index is 0.371. The monoisotopic (exact) mass is 211 g/mol. The molecule has 0 aromatic carbocycles. The van der Waals surface area contributed by atoms with Crippen molar-refractivity contribution in [1.29, 1.82) is 0 Å². The van der Waals surface area contributed by atoms with E-state index in [0.29, 0.717) is 18.1 Å². The zero-order chi connectivity index (χ0) is 10.7. The van der Waals surface area contributed by atoms with Crippen molar-refractivity contribution in [1.82, 2.24) is 4.90 Å². The number of guanidine groups is 1. The fourth-order valence-electron chi connectivity index (χ4n) is 2.41. The minimum Gasteiger partial charge on any atom is -0.376 e. The van der Waals surface area contributed by atoms with E-state index in [1.54, 1.807) is 0 Å². The molecule has 1 saturated heterocycles. The Kier molecular flexibility index (Phi) is 3.46. The molecule has 2 unspecified atom stereocenters. The number of nitrogens with two attached hydrogens (primary N) is 1. The summed E-state index contributed by atoms with van der Waals surface area (Å²) < 4.78 is 5.64. The highest BCUT2D eigenvalue weighted by Gasteiger charge is 2.28. The molecule has 0 radical (unpaired) electrons. The fourth-order valence-corrected chi connectivity index (χ4v) is 2.41. The lowest BCUT2D eigenvalue weighted by molar-refractivity contribution is 0.0844. The van der Waals surface area contributed by atoms with Gasteiger partial charge in [-0.2, -0.15) is 0 Å². The first-order valence-electron chi connectivity index (χ1n) is 5.99. The highest BCUT2D eigenvalue weighted by Crippen LogP contribution is 2.19. The largest absolute Gasteiger partial charge is 0.376 e. The van der Waals surface area contributed by atoms with Gasteiger partial charge in [0.2, 0.25) is 0 Å². The second-order valence-electron chi connectivity index (χ2n) is 4.43. The number of hydrogen-bond acceptors (Lipinski definition) is 4. The molecule has 1 fully saturated rings.